The van der Waals surface area contributed by atoms with E-state index in [4.69, 9.17) is 0 Å². The summed E-state index contributed by atoms with van der Waals surface area (Å²) in [5, 5.41) is 9.67. The SMILES string of the molecule is Cc1cccc(CCn2c(=O)c3ccc(C)cc3n(Cc3ccc(C(=O)CO)c(C)c3)c2=O)c1. The van der Waals surface area contributed by atoms with Crippen molar-refractivity contribution in [2.45, 2.75) is 40.3 Å². The fourth-order valence-electron chi connectivity index (χ4n) is 4.39. The van der Waals surface area contributed by atoms with Crippen LogP contribution < -0.4 is 11.2 Å². The number of nitrogens with zero attached hydrogens (tertiary/aromatic N) is 2. The molecule has 1 heterocycles. The zero-order valence-corrected chi connectivity index (χ0v) is 19.7. The van der Waals surface area contributed by atoms with Gasteiger partial charge in [-0.15, -0.1) is 0 Å². The van der Waals surface area contributed by atoms with Crippen molar-refractivity contribution < 1.29 is 9.90 Å². The summed E-state index contributed by atoms with van der Waals surface area (Å²) in [6.07, 6.45) is 0.575. The van der Waals surface area contributed by atoms with Gasteiger partial charge in [-0.2, -0.15) is 0 Å². The van der Waals surface area contributed by atoms with E-state index in [0.717, 1.165) is 27.8 Å². The molecule has 0 aliphatic carbocycles. The third-order valence-corrected chi connectivity index (χ3v) is 6.16. The molecule has 0 bridgehead atoms. The van der Waals surface area contributed by atoms with Gasteiger partial charge >= 0.3 is 5.69 Å². The molecule has 1 aromatic heterocycles. The summed E-state index contributed by atoms with van der Waals surface area (Å²) in [7, 11) is 0. The molecule has 0 amide bonds. The van der Waals surface area contributed by atoms with E-state index in [0.29, 0.717) is 22.9 Å². The zero-order valence-electron chi connectivity index (χ0n) is 19.7. The van der Waals surface area contributed by atoms with Crippen LogP contribution in [-0.2, 0) is 19.5 Å². The number of Topliss-reactive ketones (excluding diaryl/α,β-unsaturated/α-hetero) is 1. The van der Waals surface area contributed by atoms with Crippen molar-refractivity contribution >= 4 is 16.7 Å². The normalized spacial score (nSPS) is 11.2. The highest BCUT2D eigenvalue weighted by atomic mass is 16.3. The van der Waals surface area contributed by atoms with Gasteiger partial charge in [-0.25, -0.2) is 4.79 Å². The number of aliphatic hydroxyl groups excluding tert-OH is 1. The van der Waals surface area contributed by atoms with Gasteiger partial charge < -0.3 is 5.11 Å². The van der Waals surface area contributed by atoms with Crippen LogP contribution in [0.25, 0.3) is 10.9 Å². The van der Waals surface area contributed by atoms with Crippen LogP contribution in [0.3, 0.4) is 0 Å². The maximum atomic E-state index is 13.6. The Bertz CT molecular complexity index is 1510. The molecule has 0 saturated carbocycles. The van der Waals surface area contributed by atoms with Crippen LogP contribution in [0.2, 0.25) is 0 Å². The molecule has 4 rings (SSSR count). The average molecular weight is 457 g/mol. The zero-order chi connectivity index (χ0) is 24.4. The minimum atomic E-state index is -0.546. The third-order valence-electron chi connectivity index (χ3n) is 6.16. The molecule has 0 spiro atoms. The van der Waals surface area contributed by atoms with Gasteiger partial charge in [-0.1, -0.05) is 54.1 Å². The minimum Gasteiger partial charge on any atom is -0.388 e. The maximum absolute atomic E-state index is 13.6. The van der Waals surface area contributed by atoms with Crippen LogP contribution in [0, 0.1) is 20.8 Å². The number of ketones is 1. The molecular weight excluding hydrogens is 428 g/mol. The van der Waals surface area contributed by atoms with Crippen molar-refractivity contribution in [3.05, 3.63) is 115 Å². The second-order valence-electron chi connectivity index (χ2n) is 8.82. The van der Waals surface area contributed by atoms with Gasteiger partial charge in [0.15, 0.2) is 5.78 Å². The van der Waals surface area contributed by atoms with E-state index in [-0.39, 0.29) is 30.1 Å². The van der Waals surface area contributed by atoms with Crippen LogP contribution in [0.4, 0.5) is 0 Å². The Balaban J connectivity index is 1.80. The number of aromatic nitrogens is 2. The highest BCUT2D eigenvalue weighted by Crippen LogP contribution is 2.16. The first kappa shape index (κ1) is 23.4. The van der Waals surface area contributed by atoms with Crippen molar-refractivity contribution in [3.8, 4) is 0 Å². The lowest BCUT2D eigenvalue weighted by Crippen LogP contribution is -2.40. The summed E-state index contributed by atoms with van der Waals surface area (Å²) in [6.45, 7) is 5.75. The lowest BCUT2D eigenvalue weighted by atomic mass is 10.0. The highest BCUT2D eigenvalue weighted by Gasteiger charge is 2.15. The topological polar surface area (TPSA) is 81.3 Å². The van der Waals surface area contributed by atoms with Crippen molar-refractivity contribution in [2.75, 3.05) is 6.61 Å². The summed E-state index contributed by atoms with van der Waals surface area (Å²) < 4.78 is 2.94. The average Bonchev–Trinajstić information content (AvgIpc) is 2.81. The quantitative estimate of drug-likeness (QED) is 0.431. The van der Waals surface area contributed by atoms with Gasteiger partial charge in [0.1, 0.15) is 6.61 Å². The number of aryl methyl sites for hydroxylation is 4. The van der Waals surface area contributed by atoms with Crippen LogP contribution in [0.5, 0.6) is 0 Å². The molecule has 0 aliphatic heterocycles. The van der Waals surface area contributed by atoms with Crippen molar-refractivity contribution in [2.24, 2.45) is 0 Å². The van der Waals surface area contributed by atoms with Gasteiger partial charge in [-0.3, -0.25) is 18.7 Å². The minimum absolute atomic E-state index is 0.262. The molecule has 0 unspecified atom stereocenters. The molecule has 4 aromatic rings. The first-order chi connectivity index (χ1) is 16.3. The molecule has 0 atom stereocenters. The van der Waals surface area contributed by atoms with Gasteiger partial charge in [0.25, 0.3) is 5.56 Å². The first-order valence-electron chi connectivity index (χ1n) is 11.3. The lowest BCUT2D eigenvalue weighted by Gasteiger charge is -2.16. The Morgan fingerprint density at radius 1 is 0.853 bits per heavy atom. The molecule has 34 heavy (non-hydrogen) atoms. The summed E-state index contributed by atoms with van der Waals surface area (Å²) in [5.41, 5.74) is 5.14. The molecule has 0 aliphatic rings. The molecule has 1 N–H and O–H groups in total. The van der Waals surface area contributed by atoms with Gasteiger partial charge in [-0.05, 0) is 61.6 Å². The Morgan fingerprint density at radius 2 is 1.62 bits per heavy atom. The maximum Gasteiger partial charge on any atom is 0.331 e. The number of benzene rings is 3. The Kier molecular flexibility index (Phi) is 6.61. The number of aliphatic hydroxyl groups is 1. The van der Waals surface area contributed by atoms with Gasteiger partial charge in [0, 0.05) is 12.1 Å². The predicted octanol–water partition coefficient (Wildman–Crippen LogP) is 3.55. The second-order valence-corrected chi connectivity index (χ2v) is 8.82. The van der Waals surface area contributed by atoms with E-state index in [1.807, 2.05) is 50.2 Å². The van der Waals surface area contributed by atoms with Crippen LogP contribution in [-0.4, -0.2) is 26.6 Å². The molecule has 174 valence electrons. The molecule has 6 heteroatoms. The van der Waals surface area contributed by atoms with Crippen molar-refractivity contribution in [1.29, 1.82) is 0 Å². The van der Waals surface area contributed by atoms with E-state index in [1.165, 1.54) is 4.57 Å². The fraction of sp³-hybridized carbons (Fsp3) is 0.250. The Hall–Kier alpha value is -3.77. The van der Waals surface area contributed by atoms with Crippen molar-refractivity contribution in [1.82, 2.24) is 9.13 Å². The molecule has 0 fully saturated rings. The summed E-state index contributed by atoms with van der Waals surface area (Å²) in [6, 6.07) is 18.9. The fourth-order valence-corrected chi connectivity index (χ4v) is 4.39. The molecule has 0 radical (unpaired) electrons. The number of hydrogen-bond acceptors (Lipinski definition) is 4. The molecule has 6 nitrogen and oxygen atoms in total. The summed E-state index contributed by atoms with van der Waals surface area (Å²) >= 11 is 0. The summed E-state index contributed by atoms with van der Waals surface area (Å²) in [4.78, 5) is 38.7. The summed E-state index contributed by atoms with van der Waals surface area (Å²) in [5.74, 6) is -0.341. The first-order valence-corrected chi connectivity index (χ1v) is 11.3. The van der Waals surface area contributed by atoms with Gasteiger partial charge in [0.2, 0.25) is 0 Å². The second kappa shape index (κ2) is 9.61. The highest BCUT2D eigenvalue weighted by molar-refractivity contribution is 5.98. The van der Waals surface area contributed by atoms with Crippen LogP contribution in [0.15, 0.2) is 70.3 Å². The lowest BCUT2D eigenvalue weighted by molar-refractivity contribution is 0.0903. The molecular formula is C28H28N2O4. The van der Waals surface area contributed by atoms with E-state index < -0.39 is 6.61 Å². The third kappa shape index (κ3) is 4.63. The number of carbonyl (C=O) groups excluding carboxylic acids is 1. The van der Waals surface area contributed by atoms with E-state index in [9.17, 15) is 19.5 Å². The predicted molar refractivity (Wildman–Crippen MR) is 134 cm³/mol. The standard InChI is InChI=1S/C28H28N2O4/c1-18-5-4-6-21(13-18)11-12-29-27(33)24-9-7-19(2)14-25(24)30(28(29)34)16-22-8-10-23(20(3)15-22)26(32)17-31/h4-10,13-15,31H,11-12,16-17H2,1-3H3. The number of carbonyl (C=O) groups is 1. The van der Waals surface area contributed by atoms with E-state index >= 15 is 0 Å². The Labute approximate surface area is 197 Å². The Morgan fingerprint density at radius 3 is 2.32 bits per heavy atom. The van der Waals surface area contributed by atoms with Crippen LogP contribution >= 0.6 is 0 Å². The van der Waals surface area contributed by atoms with E-state index in [2.05, 4.69) is 6.07 Å². The molecule has 0 saturated heterocycles. The largest absolute Gasteiger partial charge is 0.388 e. The monoisotopic (exact) mass is 456 g/mol. The number of hydrogen-bond donors (Lipinski definition) is 1. The van der Waals surface area contributed by atoms with Crippen LogP contribution in [0.1, 0.15) is 38.2 Å². The smallest absolute Gasteiger partial charge is 0.331 e. The number of rotatable bonds is 7. The number of fused-ring (bicyclic) bond motifs is 1. The molecule has 3 aromatic carbocycles. The van der Waals surface area contributed by atoms with Crippen molar-refractivity contribution in [3.63, 3.8) is 0 Å². The van der Waals surface area contributed by atoms with Gasteiger partial charge in [0.05, 0.1) is 17.4 Å². The van der Waals surface area contributed by atoms with E-state index in [1.54, 1.807) is 29.7 Å².